The predicted molar refractivity (Wildman–Crippen MR) is 89.4 cm³/mol. The predicted octanol–water partition coefficient (Wildman–Crippen LogP) is 2.64. The van der Waals surface area contributed by atoms with Gasteiger partial charge in [0.15, 0.2) is 0 Å². The second-order valence-electron chi connectivity index (χ2n) is 5.16. The molecule has 0 bridgehead atoms. The molecule has 6 heteroatoms. The van der Waals surface area contributed by atoms with Gasteiger partial charge in [0, 0.05) is 11.0 Å². The van der Waals surface area contributed by atoms with Gasteiger partial charge in [-0.2, -0.15) is 4.68 Å². The van der Waals surface area contributed by atoms with E-state index in [1.807, 2.05) is 42.3 Å². The minimum Gasteiger partial charge on any atom is -0.283 e. The lowest BCUT2D eigenvalue weighted by Crippen LogP contribution is -2.32. The first kappa shape index (κ1) is 14.9. The van der Waals surface area contributed by atoms with Crippen LogP contribution in [0, 0.1) is 0 Å². The molecule has 0 saturated carbocycles. The number of benzene rings is 2. The van der Waals surface area contributed by atoms with E-state index in [9.17, 15) is 4.79 Å². The van der Waals surface area contributed by atoms with Crippen LogP contribution in [0.2, 0.25) is 0 Å². The summed E-state index contributed by atoms with van der Waals surface area (Å²) in [5.41, 5.74) is 1.66. The molecular weight excluding hydrogens is 344 g/mol. The Balaban J connectivity index is 1.82. The summed E-state index contributed by atoms with van der Waals surface area (Å²) in [6, 6.07) is 15.3. The Bertz CT molecular complexity index is 862. The molecule has 0 aliphatic carbocycles. The summed E-state index contributed by atoms with van der Waals surface area (Å²) in [6.45, 7) is 1.10. The summed E-state index contributed by atoms with van der Waals surface area (Å²) in [4.78, 5) is 14.4. The monoisotopic (exact) mass is 358 g/mol. The molecule has 3 rings (SSSR count). The van der Waals surface area contributed by atoms with E-state index in [4.69, 9.17) is 0 Å². The smallest absolute Gasteiger partial charge is 0.278 e. The van der Waals surface area contributed by atoms with E-state index in [-0.39, 0.29) is 5.56 Å². The topological polar surface area (TPSA) is 51.0 Å². The summed E-state index contributed by atoms with van der Waals surface area (Å²) in [5, 5.41) is 8.70. The zero-order valence-corrected chi connectivity index (χ0v) is 13.7. The highest BCUT2D eigenvalue weighted by molar-refractivity contribution is 9.10. The first-order valence-corrected chi connectivity index (χ1v) is 7.69. The van der Waals surface area contributed by atoms with Crippen molar-refractivity contribution in [3.8, 4) is 0 Å². The lowest BCUT2D eigenvalue weighted by molar-refractivity contribution is 0.236. The average Bonchev–Trinajstić information content (AvgIpc) is 2.53. The van der Waals surface area contributed by atoms with Crippen molar-refractivity contribution in [2.45, 2.75) is 13.2 Å². The minimum atomic E-state index is -0.121. The third-order valence-corrected chi connectivity index (χ3v) is 4.18. The van der Waals surface area contributed by atoms with E-state index in [1.165, 1.54) is 4.68 Å². The van der Waals surface area contributed by atoms with Gasteiger partial charge in [-0.05, 0) is 30.8 Å². The average molecular weight is 359 g/mol. The number of hydrogen-bond acceptors (Lipinski definition) is 4. The lowest BCUT2D eigenvalue weighted by atomic mass is 10.2. The molecule has 0 radical (unpaired) electrons. The summed E-state index contributed by atoms with van der Waals surface area (Å²) < 4.78 is 2.44. The Labute approximate surface area is 136 Å². The molecule has 0 fully saturated rings. The van der Waals surface area contributed by atoms with Crippen LogP contribution in [0.5, 0.6) is 0 Å². The van der Waals surface area contributed by atoms with Gasteiger partial charge in [0.1, 0.15) is 5.52 Å². The molecule has 3 aromatic rings. The number of hydrogen-bond donors (Lipinski definition) is 0. The number of aromatic nitrogens is 3. The molecule has 1 heterocycles. The summed E-state index contributed by atoms with van der Waals surface area (Å²) >= 11 is 3.53. The fourth-order valence-corrected chi connectivity index (χ4v) is 2.72. The largest absolute Gasteiger partial charge is 0.283 e. The zero-order chi connectivity index (χ0) is 15.5. The van der Waals surface area contributed by atoms with Crippen LogP contribution in [-0.4, -0.2) is 26.9 Å². The molecule has 0 unspecified atom stereocenters. The molecule has 0 amide bonds. The molecule has 112 valence electrons. The summed E-state index contributed by atoms with van der Waals surface area (Å²) in [7, 11) is 1.95. The van der Waals surface area contributed by atoms with E-state index in [0.29, 0.717) is 24.1 Å². The maximum Gasteiger partial charge on any atom is 0.278 e. The maximum atomic E-state index is 12.4. The van der Waals surface area contributed by atoms with Crippen LogP contribution in [-0.2, 0) is 13.2 Å². The van der Waals surface area contributed by atoms with Crippen molar-refractivity contribution in [3.63, 3.8) is 0 Å². The normalized spacial score (nSPS) is 11.2. The molecule has 5 nitrogen and oxygen atoms in total. The standard InChI is InChI=1S/C16H15BrN4O/c1-20(10-12-6-2-4-8-14(12)17)11-21-16(22)13-7-3-5-9-15(13)18-19-21/h2-9H,10-11H2,1H3. The van der Waals surface area contributed by atoms with E-state index in [1.54, 1.807) is 12.1 Å². The zero-order valence-electron chi connectivity index (χ0n) is 12.1. The fourth-order valence-electron chi connectivity index (χ4n) is 2.31. The quantitative estimate of drug-likeness (QED) is 0.719. The van der Waals surface area contributed by atoms with Gasteiger partial charge in [-0.15, -0.1) is 5.10 Å². The number of rotatable bonds is 4. The minimum absolute atomic E-state index is 0.121. The van der Waals surface area contributed by atoms with Crippen molar-refractivity contribution in [3.05, 3.63) is 68.9 Å². The van der Waals surface area contributed by atoms with Crippen LogP contribution >= 0.6 is 15.9 Å². The Morgan fingerprint density at radius 1 is 1.14 bits per heavy atom. The molecule has 0 atom stereocenters. The van der Waals surface area contributed by atoms with Crippen molar-refractivity contribution in [2.75, 3.05) is 7.05 Å². The molecule has 0 aliphatic heterocycles. The van der Waals surface area contributed by atoms with Gasteiger partial charge >= 0.3 is 0 Å². The van der Waals surface area contributed by atoms with Gasteiger partial charge in [-0.1, -0.05) is 51.5 Å². The third-order valence-electron chi connectivity index (χ3n) is 3.40. The van der Waals surface area contributed by atoms with Gasteiger partial charge in [0.25, 0.3) is 5.56 Å². The second-order valence-corrected chi connectivity index (χ2v) is 6.01. The molecule has 1 aromatic heterocycles. The molecule has 22 heavy (non-hydrogen) atoms. The van der Waals surface area contributed by atoms with Crippen LogP contribution in [0.4, 0.5) is 0 Å². The van der Waals surface area contributed by atoms with E-state index in [0.717, 1.165) is 10.0 Å². The van der Waals surface area contributed by atoms with Crippen molar-refractivity contribution < 1.29 is 0 Å². The Morgan fingerprint density at radius 2 is 1.86 bits per heavy atom. The summed E-state index contributed by atoms with van der Waals surface area (Å²) in [5.74, 6) is 0. The SMILES string of the molecule is CN(Cc1ccccc1Br)Cn1nnc2ccccc2c1=O. The molecule has 0 spiro atoms. The van der Waals surface area contributed by atoms with Gasteiger partial charge in [-0.3, -0.25) is 9.69 Å². The Kier molecular flexibility index (Phi) is 4.31. The number of nitrogens with zero attached hydrogens (tertiary/aromatic N) is 4. The van der Waals surface area contributed by atoms with Crippen LogP contribution in [0.1, 0.15) is 5.56 Å². The van der Waals surface area contributed by atoms with Crippen LogP contribution in [0.25, 0.3) is 10.9 Å². The van der Waals surface area contributed by atoms with Gasteiger partial charge in [-0.25, -0.2) is 0 Å². The van der Waals surface area contributed by atoms with Gasteiger partial charge in [0.2, 0.25) is 0 Å². The third kappa shape index (κ3) is 3.08. The van der Waals surface area contributed by atoms with Crippen LogP contribution in [0.15, 0.2) is 57.8 Å². The molecule has 0 aliphatic rings. The first-order chi connectivity index (χ1) is 10.6. The lowest BCUT2D eigenvalue weighted by Gasteiger charge is -2.17. The molecule has 0 saturated heterocycles. The van der Waals surface area contributed by atoms with Crippen molar-refractivity contribution in [1.29, 1.82) is 0 Å². The number of halogens is 1. The van der Waals surface area contributed by atoms with Gasteiger partial charge in [0.05, 0.1) is 12.1 Å². The highest BCUT2D eigenvalue weighted by Crippen LogP contribution is 2.17. The molecule has 0 N–H and O–H groups in total. The van der Waals surface area contributed by atoms with Crippen molar-refractivity contribution >= 4 is 26.8 Å². The summed E-state index contributed by atoms with van der Waals surface area (Å²) in [6.07, 6.45) is 0. The van der Waals surface area contributed by atoms with Crippen LogP contribution < -0.4 is 5.56 Å². The van der Waals surface area contributed by atoms with E-state index < -0.39 is 0 Å². The fraction of sp³-hybridized carbons (Fsp3) is 0.188. The van der Waals surface area contributed by atoms with Crippen LogP contribution in [0.3, 0.4) is 0 Å². The molecule has 2 aromatic carbocycles. The maximum absolute atomic E-state index is 12.4. The van der Waals surface area contributed by atoms with E-state index >= 15 is 0 Å². The van der Waals surface area contributed by atoms with Crippen molar-refractivity contribution in [2.24, 2.45) is 0 Å². The highest BCUT2D eigenvalue weighted by Gasteiger charge is 2.08. The first-order valence-electron chi connectivity index (χ1n) is 6.89. The van der Waals surface area contributed by atoms with Gasteiger partial charge < -0.3 is 0 Å². The number of fused-ring (bicyclic) bond motifs is 1. The highest BCUT2D eigenvalue weighted by atomic mass is 79.9. The Hall–Kier alpha value is -2.05. The Morgan fingerprint density at radius 3 is 2.68 bits per heavy atom. The van der Waals surface area contributed by atoms with E-state index in [2.05, 4.69) is 32.3 Å². The second kappa shape index (κ2) is 6.37. The molecular formula is C16H15BrN4O. The van der Waals surface area contributed by atoms with Crippen molar-refractivity contribution in [1.82, 2.24) is 19.9 Å².